The fourth-order valence-corrected chi connectivity index (χ4v) is 3.33. The van der Waals surface area contributed by atoms with Gasteiger partial charge in [-0.3, -0.25) is 4.99 Å². The van der Waals surface area contributed by atoms with Gasteiger partial charge in [-0.15, -0.1) is 0 Å². The van der Waals surface area contributed by atoms with Crippen LogP contribution in [0, 0.1) is 0 Å². The summed E-state index contributed by atoms with van der Waals surface area (Å²) in [5, 5.41) is 6.37. The van der Waals surface area contributed by atoms with Crippen molar-refractivity contribution in [3.05, 3.63) is 65.2 Å². The summed E-state index contributed by atoms with van der Waals surface area (Å²) in [5.41, 5.74) is 2.84. The highest BCUT2D eigenvalue weighted by atomic mass is 19.3. The normalized spacial score (nSPS) is 15.2. The monoisotopic (exact) mass is 433 g/mol. The largest absolute Gasteiger partial charge is 0.434 e. The molecule has 2 aromatic rings. The lowest BCUT2D eigenvalue weighted by molar-refractivity contribution is -0.0504. The minimum absolute atomic E-state index is 0.151. The minimum Gasteiger partial charge on any atom is -0.434 e. The van der Waals surface area contributed by atoms with Gasteiger partial charge in [-0.1, -0.05) is 42.5 Å². The van der Waals surface area contributed by atoms with Crippen LogP contribution in [0.25, 0.3) is 0 Å². The molecule has 6 nitrogen and oxygen atoms in total. The first-order valence-corrected chi connectivity index (χ1v) is 10.4. The Balaban J connectivity index is 1.48. The molecule has 2 N–H and O–H groups in total. The summed E-state index contributed by atoms with van der Waals surface area (Å²) in [6, 6.07) is 14.9. The average Bonchev–Trinajstić information content (AvgIpc) is 2.79. The Labute approximate surface area is 181 Å². The molecule has 1 fully saturated rings. The van der Waals surface area contributed by atoms with Gasteiger partial charge < -0.3 is 24.8 Å². The number of para-hydroxylation sites is 1. The molecule has 168 valence electrons. The summed E-state index contributed by atoms with van der Waals surface area (Å²) in [5.74, 6) is 0.716. The minimum atomic E-state index is -2.86. The standard InChI is InChI=1S/C23H29F2N3O3/c1-26-23(28-15-19-7-2-3-8-21(19)31-22(24)25)27-14-17-5-4-6-18(13-17)16-30-20-9-11-29-12-10-20/h2-8,13,20,22H,9-12,14-16H2,1H3,(H2,26,27,28). The molecule has 3 rings (SSSR count). The van der Waals surface area contributed by atoms with Gasteiger partial charge in [-0.2, -0.15) is 8.78 Å². The van der Waals surface area contributed by atoms with E-state index in [-0.39, 0.29) is 11.9 Å². The van der Waals surface area contributed by atoms with Crippen LogP contribution in [-0.4, -0.2) is 38.9 Å². The van der Waals surface area contributed by atoms with Crippen LogP contribution in [0.5, 0.6) is 5.75 Å². The molecule has 1 heterocycles. The molecule has 31 heavy (non-hydrogen) atoms. The first kappa shape index (κ1) is 23.0. The van der Waals surface area contributed by atoms with E-state index in [0.29, 0.717) is 31.2 Å². The van der Waals surface area contributed by atoms with Crippen molar-refractivity contribution in [2.24, 2.45) is 4.99 Å². The third-order valence-corrected chi connectivity index (χ3v) is 4.96. The summed E-state index contributed by atoms with van der Waals surface area (Å²) in [4.78, 5) is 4.20. The van der Waals surface area contributed by atoms with Crippen LogP contribution in [-0.2, 0) is 29.2 Å². The number of aliphatic imine (C=N–C) groups is 1. The van der Waals surface area contributed by atoms with Gasteiger partial charge in [0.05, 0.1) is 12.7 Å². The number of benzene rings is 2. The van der Waals surface area contributed by atoms with E-state index in [1.165, 1.54) is 6.07 Å². The van der Waals surface area contributed by atoms with Gasteiger partial charge >= 0.3 is 6.61 Å². The van der Waals surface area contributed by atoms with E-state index in [2.05, 4.69) is 32.5 Å². The zero-order valence-electron chi connectivity index (χ0n) is 17.7. The smallest absolute Gasteiger partial charge is 0.387 e. The molecule has 0 spiro atoms. The van der Waals surface area contributed by atoms with Gasteiger partial charge in [-0.25, -0.2) is 0 Å². The lowest BCUT2D eigenvalue weighted by Gasteiger charge is -2.22. The zero-order chi connectivity index (χ0) is 21.9. The number of rotatable bonds is 9. The molecule has 0 aromatic heterocycles. The maximum Gasteiger partial charge on any atom is 0.387 e. The number of ether oxygens (including phenoxy) is 3. The second-order valence-electron chi connectivity index (χ2n) is 7.21. The van der Waals surface area contributed by atoms with Crippen molar-refractivity contribution in [2.45, 2.75) is 45.3 Å². The van der Waals surface area contributed by atoms with Gasteiger partial charge in [-0.05, 0) is 30.0 Å². The SMILES string of the molecule is CN=C(NCc1cccc(COC2CCOCC2)c1)NCc1ccccc1OC(F)F. The van der Waals surface area contributed by atoms with Crippen LogP contribution in [0.3, 0.4) is 0 Å². The topological polar surface area (TPSA) is 64.1 Å². The Morgan fingerprint density at radius 2 is 1.81 bits per heavy atom. The number of hydrogen-bond donors (Lipinski definition) is 2. The van der Waals surface area contributed by atoms with E-state index in [1.54, 1.807) is 25.2 Å². The summed E-state index contributed by atoms with van der Waals surface area (Å²) < 4.78 is 41.1. The molecular formula is C23H29F2N3O3. The fourth-order valence-electron chi connectivity index (χ4n) is 3.33. The predicted molar refractivity (Wildman–Crippen MR) is 115 cm³/mol. The van der Waals surface area contributed by atoms with Crippen molar-refractivity contribution in [3.63, 3.8) is 0 Å². The number of nitrogens with zero attached hydrogens (tertiary/aromatic N) is 1. The molecule has 0 aliphatic carbocycles. The van der Waals surface area contributed by atoms with Crippen molar-refractivity contribution >= 4 is 5.96 Å². The second-order valence-corrected chi connectivity index (χ2v) is 7.21. The van der Waals surface area contributed by atoms with E-state index in [0.717, 1.165) is 37.2 Å². The highest BCUT2D eigenvalue weighted by molar-refractivity contribution is 5.79. The fraction of sp³-hybridized carbons (Fsp3) is 0.435. The van der Waals surface area contributed by atoms with Crippen molar-refractivity contribution < 1.29 is 23.0 Å². The van der Waals surface area contributed by atoms with Crippen LogP contribution in [0.15, 0.2) is 53.5 Å². The number of nitrogens with one attached hydrogen (secondary N) is 2. The highest BCUT2D eigenvalue weighted by Crippen LogP contribution is 2.20. The summed E-state index contributed by atoms with van der Waals surface area (Å²) >= 11 is 0. The maximum atomic E-state index is 12.6. The average molecular weight is 433 g/mol. The van der Waals surface area contributed by atoms with Crippen LogP contribution in [0.1, 0.15) is 29.5 Å². The van der Waals surface area contributed by atoms with Crippen molar-refractivity contribution in [1.29, 1.82) is 0 Å². The molecule has 0 radical (unpaired) electrons. The third-order valence-electron chi connectivity index (χ3n) is 4.96. The molecule has 1 saturated heterocycles. The van der Waals surface area contributed by atoms with Crippen molar-refractivity contribution in [3.8, 4) is 5.75 Å². The molecule has 0 saturated carbocycles. The second kappa shape index (κ2) is 12.2. The molecule has 0 bridgehead atoms. The molecular weight excluding hydrogens is 404 g/mol. The quantitative estimate of drug-likeness (QED) is 0.465. The van der Waals surface area contributed by atoms with Gasteiger partial charge in [0.25, 0.3) is 0 Å². The number of hydrogen-bond acceptors (Lipinski definition) is 4. The lowest BCUT2D eigenvalue weighted by Crippen LogP contribution is -2.36. The molecule has 0 amide bonds. The summed E-state index contributed by atoms with van der Waals surface area (Å²) in [6.07, 6.45) is 2.14. The molecule has 8 heteroatoms. The van der Waals surface area contributed by atoms with E-state index in [1.807, 2.05) is 12.1 Å². The Kier molecular flexibility index (Phi) is 9.05. The summed E-state index contributed by atoms with van der Waals surface area (Å²) in [7, 11) is 1.66. The molecule has 2 aromatic carbocycles. The Bertz CT molecular complexity index is 842. The first-order valence-electron chi connectivity index (χ1n) is 10.4. The van der Waals surface area contributed by atoms with E-state index in [9.17, 15) is 8.78 Å². The summed E-state index contributed by atoms with van der Waals surface area (Å²) in [6.45, 7) is 0.119. The van der Waals surface area contributed by atoms with Gasteiger partial charge in [0.1, 0.15) is 5.75 Å². The Morgan fingerprint density at radius 3 is 2.58 bits per heavy atom. The maximum absolute atomic E-state index is 12.6. The van der Waals surface area contributed by atoms with Crippen LogP contribution in [0.4, 0.5) is 8.78 Å². The molecule has 1 aliphatic rings. The van der Waals surface area contributed by atoms with E-state index >= 15 is 0 Å². The molecule has 1 aliphatic heterocycles. The van der Waals surface area contributed by atoms with Crippen LogP contribution >= 0.6 is 0 Å². The van der Waals surface area contributed by atoms with Gasteiger partial charge in [0, 0.05) is 38.9 Å². The van der Waals surface area contributed by atoms with Gasteiger partial charge in [0.2, 0.25) is 0 Å². The Hall–Kier alpha value is -2.71. The van der Waals surface area contributed by atoms with Crippen LogP contribution in [0.2, 0.25) is 0 Å². The first-order chi connectivity index (χ1) is 15.1. The number of alkyl halides is 2. The molecule has 0 atom stereocenters. The zero-order valence-corrected chi connectivity index (χ0v) is 17.7. The van der Waals surface area contributed by atoms with Crippen molar-refractivity contribution in [1.82, 2.24) is 10.6 Å². The third kappa shape index (κ3) is 7.80. The van der Waals surface area contributed by atoms with Crippen LogP contribution < -0.4 is 15.4 Å². The number of guanidine groups is 1. The van der Waals surface area contributed by atoms with Gasteiger partial charge in [0.15, 0.2) is 5.96 Å². The Morgan fingerprint density at radius 1 is 1.06 bits per heavy atom. The predicted octanol–water partition coefficient (Wildman–Crippen LogP) is 3.85. The van der Waals surface area contributed by atoms with Crippen molar-refractivity contribution in [2.75, 3.05) is 20.3 Å². The van der Waals surface area contributed by atoms with E-state index in [4.69, 9.17) is 9.47 Å². The lowest BCUT2D eigenvalue weighted by atomic mass is 10.1. The molecule has 0 unspecified atom stereocenters. The van der Waals surface area contributed by atoms with E-state index < -0.39 is 6.61 Å². The number of halogens is 2. The highest BCUT2D eigenvalue weighted by Gasteiger charge is 2.14.